The van der Waals surface area contributed by atoms with Crippen molar-refractivity contribution >= 4 is 11.6 Å². The summed E-state index contributed by atoms with van der Waals surface area (Å²) in [7, 11) is 1.62. The molecule has 0 saturated heterocycles. The van der Waals surface area contributed by atoms with Gasteiger partial charge < -0.3 is 10.1 Å². The van der Waals surface area contributed by atoms with Crippen LogP contribution in [-0.4, -0.2) is 13.0 Å². The zero-order chi connectivity index (χ0) is 20.8. The number of carbonyl (C=O) groups excluding carboxylic acids is 1. The fourth-order valence-electron chi connectivity index (χ4n) is 3.86. The van der Waals surface area contributed by atoms with Gasteiger partial charge in [0, 0.05) is 5.69 Å². The fourth-order valence-corrected chi connectivity index (χ4v) is 3.86. The summed E-state index contributed by atoms with van der Waals surface area (Å²) in [5.41, 5.74) is 2.45. The summed E-state index contributed by atoms with van der Waals surface area (Å²) >= 11 is 0. The molecule has 0 spiro atoms. The Balaban J connectivity index is 1.91. The summed E-state index contributed by atoms with van der Waals surface area (Å²) in [6.45, 7) is 0. The average Bonchev–Trinajstić information content (AvgIpc) is 2.82. The molecule has 4 rings (SSSR count). The molecule has 0 aliphatic carbocycles. The average molecular weight is 393 g/mol. The Morgan fingerprint density at radius 3 is 1.40 bits per heavy atom. The lowest BCUT2D eigenvalue weighted by atomic mass is 9.68. The Morgan fingerprint density at radius 1 is 0.633 bits per heavy atom. The highest BCUT2D eigenvalue weighted by Gasteiger charge is 2.43. The molecule has 0 aromatic heterocycles. The summed E-state index contributed by atoms with van der Waals surface area (Å²) in [5.74, 6) is 0.629. The zero-order valence-corrected chi connectivity index (χ0v) is 16.8. The van der Waals surface area contributed by atoms with E-state index in [2.05, 4.69) is 5.32 Å². The Hall–Kier alpha value is -3.85. The van der Waals surface area contributed by atoms with Crippen molar-refractivity contribution in [1.29, 1.82) is 0 Å². The number of rotatable bonds is 6. The van der Waals surface area contributed by atoms with Crippen molar-refractivity contribution < 1.29 is 9.53 Å². The highest BCUT2D eigenvalue weighted by atomic mass is 16.5. The number of carbonyl (C=O) groups is 1. The van der Waals surface area contributed by atoms with Crippen LogP contribution < -0.4 is 10.1 Å². The first kappa shape index (κ1) is 19.5. The molecule has 4 aromatic rings. The maximum absolute atomic E-state index is 14.0. The molecule has 1 amide bonds. The fraction of sp³-hybridized carbons (Fsp3) is 0.0741. The molecule has 0 atom stereocenters. The standard InChI is InChI=1S/C27H23NO2/c1-30-25-19-17-24(18-20-25)28-26(29)27(21-11-5-2-6-12-21,22-13-7-3-8-14-22)23-15-9-4-10-16-23/h2-20H,1H3,(H,28,29). The second-order valence-corrected chi connectivity index (χ2v) is 7.03. The molecule has 0 heterocycles. The van der Waals surface area contributed by atoms with Gasteiger partial charge in [0.1, 0.15) is 11.2 Å². The summed E-state index contributed by atoms with van der Waals surface area (Å²) < 4.78 is 5.24. The van der Waals surface area contributed by atoms with E-state index < -0.39 is 5.41 Å². The molecule has 0 saturated carbocycles. The highest BCUT2D eigenvalue weighted by molar-refractivity contribution is 6.04. The number of nitrogens with one attached hydrogen (secondary N) is 1. The molecule has 1 N–H and O–H groups in total. The molecule has 0 aliphatic rings. The lowest BCUT2D eigenvalue weighted by Gasteiger charge is -2.34. The molecule has 0 aliphatic heterocycles. The number of amides is 1. The third-order valence-electron chi connectivity index (χ3n) is 5.31. The monoisotopic (exact) mass is 393 g/mol. The van der Waals surface area contributed by atoms with Crippen molar-refractivity contribution in [2.24, 2.45) is 0 Å². The minimum Gasteiger partial charge on any atom is -0.497 e. The van der Waals surface area contributed by atoms with Crippen LogP contribution in [0.4, 0.5) is 5.69 Å². The third-order valence-corrected chi connectivity index (χ3v) is 5.31. The molecule has 0 bridgehead atoms. The number of ether oxygens (including phenoxy) is 1. The molecule has 3 heteroatoms. The van der Waals surface area contributed by atoms with E-state index in [1.807, 2.05) is 115 Å². The summed E-state index contributed by atoms with van der Waals surface area (Å²) in [6, 6.07) is 37.1. The minimum absolute atomic E-state index is 0.115. The highest BCUT2D eigenvalue weighted by Crippen LogP contribution is 2.40. The Bertz CT molecular complexity index is 995. The topological polar surface area (TPSA) is 38.3 Å². The Kier molecular flexibility index (Phi) is 5.62. The van der Waals surface area contributed by atoms with Crippen molar-refractivity contribution in [3.8, 4) is 5.75 Å². The van der Waals surface area contributed by atoms with Gasteiger partial charge in [-0.2, -0.15) is 0 Å². The Morgan fingerprint density at radius 2 is 1.03 bits per heavy atom. The van der Waals surface area contributed by atoms with E-state index >= 15 is 0 Å². The van der Waals surface area contributed by atoms with Crippen molar-refractivity contribution in [3.05, 3.63) is 132 Å². The van der Waals surface area contributed by atoms with Crippen molar-refractivity contribution in [1.82, 2.24) is 0 Å². The Labute approximate surface area is 177 Å². The van der Waals surface area contributed by atoms with Gasteiger partial charge >= 0.3 is 0 Å². The van der Waals surface area contributed by atoms with Gasteiger partial charge in [-0.05, 0) is 41.0 Å². The van der Waals surface area contributed by atoms with Crippen LogP contribution in [0.3, 0.4) is 0 Å². The number of hydrogen-bond donors (Lipinski definition) is 1. The molecule has 30 heavy (non-hydrogen) atoms. The molecular formula is C27H23NO2. The number of hydrogen-bond acceptors (Lipinski definition) is 2. The molecule has 0 radical (unpaired) electrons. The summed E-state index contributed by atoms with van der Waals surface area (Å²) in [5, 5.41) is 3.14. The van der Waals surface area contributed by atoms with Gasteiger partial charge in [-0.1, -0.05) is 91.0 Å². The van der Waals surface area contributed by atoms with Crippen LogP contribution in [0.15, 0.2) is 115 Å². The van der Waals surface area contributed by atoms with Crippen LogP contribution in [0.5, 0.6) is 5.75 Å². The van der Waals surface area contributed by atoms with Crippen LogP contribution >= 0.6 is 0 Å². The predicted octanol–water partition coefficient (Wildman–Crippen LogP) is 5.67. The number of benzene rings is 4. The lowest BCUT2D eigenvalue weighted by Crippen LogP contribution is -2.42. The number of methoxy groups -OCH3 is 1. The van der Waals surface area contributed by atoms with Gasteiger partial charge in [0.15, 0.2) is 0 Å². The molecule has 0 unspecified atom stereocenters. The quantitative estimate of drug-likeness (QED) is 0.429. The second kappa shape index (κ2) is 8.66. The van der Waals surface area contributed by atoms with Gasteiger partial charge in [-0.3, -0.25) is 4.79 Å². The van der Waals surface area contributed by atoms with E-state index in [0.29, 0.717) is 5.69 Å². The largest absolute Gasteiger partial charge is 0.497 e. The maximum atomic E-state index is 14.0. The van der Waals surface area contributed by atoms with E-state index in [1.54, 1.807) is 7.11 Å². The van der Waals surface area contributed by atoms with Gasteiger partial charge in [0.2, 0.25) is 5.91 Å². The van der Waals surface area contributed by atoms with E-state index in [-0.39, 0.29) is 5.91 Å². The van der Waals surface area contributed by atoms with Gasteiger partial charge in [-0.15, -0.1) is 0 Å². The minimum atomic E-state index is -0.996. The van der Waals surface area contributed by atoms with Crippen LogP contribution in [0, 0.1) is 0 Å². The molecular weight excluding hydrogens is 370 g/mol. The van der Waals surface area contributed by atoms with E-state index in [4.69, 9.17) is 4.74 Å². The molecule has 0 fully saturated rings. The first-order valence-corrected chi connectivity index (χ1v) is 9.87. The van der Waals surface area contributed by atoms with Crippen molar-refractivity contribution in [3.63, 3.8) is 0 Å². The summed E-state index contributed by atoms with van der Waals surface area (Å²) in [4.78, 5) is 14.0. The predicted molar refractivity (Wildman–Crippen MR) is 121 cm³/mol. The maximum Gasteiger partial charge on any atom is 0.244 e. The van der Waals surface area contributed by atoms with Crippen LogP contribution in [-0.2, 0) is 10.2 Å². The molecule has 3 nitrogen and oxygen atoms in total. The van der Waals surface area contributed by atoms with Gasteiger partial charge in [0.05, 0.1) is 7.11 Å². The van der Waals surface area contributed by atoms with E-state index in [1.165, 1.54) is 0 Å². The zero-order valence-electron chi connectivity index (χ0n) is 16.8. The van der Waals surface area contributed by atoms with E-state index in [9.17, 15) is 4.79 Å². The third kappa shape index (κ3) is 3.58. The SMILES string of the molecule is COc1ccc(NC(=O)C(c2ccccc2)(c2ccccc2)c2ccccc2)cc1. The smallest absolute Gasteiger partial charge is 0.244 e. The van der Waals surface area contributed by atoms with Crippen LogP contribution in [0.25, 0.3) is 0 Å². The van der Waals surface area contributed by atoms with Crippen molar-refractivity contribution in [2.45, 2.75) is 5.41 Å². The first-order chi connectivity index (χ1) is 14.7. The van der Waals surface area contributed by atoms with E-state index in [0.717, 1.165) is 22.4 Å². The van der Waals surface area contributed by atoms with Crippen LogP contribution in [0.1, 0.15) is 16.7 Å². The van der Waals surface area contributed by atoms with Gasteiger partial charge in [0.25, 0.3) is 0 Å². The van der Waals surface area contributed by atoms with Gasteiger partial charge in [-0.25, -0.2) is 0 Å². The normalized spacial score (nSPS) is 11.0. The lowest BCUT2D eigenvalue weighted by molar-refractivity contribution is -0.119. The second-order valence-electron chi connectivity index (χ2n) is 7.03. The molecule has 4 aromatic carbocycles. The van der Waals surface area contributed by atoms with Crippen LogP contribution in [0.2, 0.25) is 0 Å². The number of anilines is 1. The summed E-state index contributed by atoms with van der Waals surface area (Å²) in [6.07, 6.45) is 0. The molecule has 148 valence electrons. The van der Waals surface area contributed by atoms with Crippen molar-refractivity contribution in [2.75, 3.05) is 12.4 Å². The first-order valence-electron chi connectivity index (χ1n) is 9.87.